The van der Waals surface area contributed by atoms with Gasteiger partial charge in [0.25, 0.3) is 0 Å². The third-order valence-corrected chi connectivity index (χ3v) is 4.22. The molecule has 0 amide bonds. The number of benzene rings is 2. The van der Waals surface area contributed by atoms with Crippen molar-refractivity contribution in [2.24, 2.45) is 0 Å². The number of fused-ring (bicyclic) bond motifs is 1. The van der Waals surface area contributed by atoms with Gasteiger partial charge in [-0.1, -0.05) is 6.08 Å². The number of aromatic hydroxyl groups is 1. The van der Waals surface area contributed by atoms with Crippen molar-refractivity contribution in [2.45, 2.75) is 12.5 Å². The number of aliphatic hydroxyl groups excluding tert-OH is 1. The van der Waals surface area contributed by atoms with E-state index in [1.54, 1.807) is 19.2 Å². The van der Waals surface area contributed by atoms with E-state index in [1.165, 1.54) is 13.2 Å². The molecule has 0 bridgehead atoms. The maximum absolute atomic E-state index is 12.3. The second-order valence-electron chi connectivity index (χ2n) is 5.78. The largest absolute Gasteiger partial charge is 0.507 e. The van der Waals surface area contributed by atoms with E-state index in [9.17, 15) is 9.90 Å². The first-order valence-corrected chi connectivity index (χ1v) is 8.15. The van der Waals surface area contributed by atoms with E-state index in [0.29, 0.717) is 11.3 Å². The molecular weight excluding hydrogens is 336 g/mol. The molecule has 0 saturated carbocycles. The molecule has 0 fully saturated rings. The Balaban J connectivity index is 2.00. The number of aliphatic hydroxyl groups is 1. The minimum Gasteiger partial charge on any atom is -0.507 e. The molecule has 0 saturated heterocycles. The van der Waals surface area contributed by atoms with Crippen LogP contribution in [0.5, 0.6) is 23.0 Å². The van der Waals surface area contributed by atoms with Gasteiger partial charge < -0.3 is 24.4 Å². The van der Waals surface area contributed by atoms with Crippen LogP contribution in [0.4, 0.5) is 0 Å². The van der Waals surface area contributed by atoms with Crippen LogP contribution in [0.1, 0.15) is 34.0 Å². The summed E-state index contributed by atoms with van der Waals surface area (Å²) in [7, 11) is 3.03. The van der Waals surface area contributed by atoms with Gasteiger partial charge in [0.05, 0.1) is 20.8 Å². The van der Waals surface area contributed by atoms with Gasteiger partial charge in [0.2, 0.25) is 0 Å². The van der Waals surface area contributed by atoms with Crippen molar-refractivity contribution in [3.05, 3.63) is 53.1 Å². The van der Waals surface area contributed by atoms with Gasteiger partial charge in [-0.2, -0.15) is 0 Å². The molecule has 0 aliphatic carbocycles. The third kappa shape index (κ3) is 3.23. The number of ketones is 1. The van der Waals surface area contributed by atoms with E-state index < -0.39 is 11.9 Å². The summed E-state index contributed by atoms with van der Waals surface area (Å²) in [5.41, 5.74) is 1.55. The van der Waals surface area contributed by atoms with Crippen molar-refractivity contribution in [3.8, 4) is 23.0 Å². The number of phenolic OH excluding ortho intramolecular Hbond substituents is 1. The summed E-state index contributed by atoms with van der Waals surface area (Å²) < 4.78 is 16.6. The maximum Gasteiger partial charge on any atom is 0.172 e. The Bertz CT molecular complexity index is 856. The van der Waals surface area contributed by atoms with Crippen molar-refractivity contribution < 1.29 is 29.2 Å². The van der Waals surface area contributed by atoms with Gasteiger partial charge in [0.1, 0.15) is 34.7 Å². The van der Waals surface area contributed by atoms with Gasteiger partial charge in [0.15, 0.2) is 5.78 Å². The third-order valence-electron chi connectivity index (χ3n) is 4.22. The number of hydrogen-bond acceptors (Lipinski definition) is 6. The number of Topliss-reactive ketones (excluding diaryl/α,β-unsaturated/α-hetero) is 1. The Kier molecular flexibility index (Phi) is 5.14. The molecule has 26 heavy (non-hydrogen) atoms. The molecule has 0 radical (unpaired) electrons. The molecule has 1 aliphatic rings. The number of carbonyl (C=O) groups is 1. The smallest absolute Gasteiger partial charge is 0.172 e. The van der Waals surface area contributed by atoms with Crippen molar-refractivity contribution in [1.29, 1.82) is 0 Å². The molecule has 2 aromatic carbocycles. The van der Waals surface area contributed by atoms with E-state index in [0.717, 1.165) is 11.3 Å². The highest BCUT2D eigenvalue weighted by Crippen LogP contribution is 2.41. The number of methoxy groups -OCH3 is 2. The summed E-state index contributed by atoms with van der Waals surface area (Å²) in [5.74, 6) is 1.07. The van der Waals surface area contributed by atoms with E-state index in [-0.39, 0.29) is 30.1 Å². The van der Waals surface area contributed by atoms with Crippen molar-refractivity contribution in [3.63, 3.8) is 0 Å². The standard InChI is InChI=1S/C20H20O6/c1-24-13-4-8-17-12(11-13)3-7-18(26-17)14-5-6-15(22)19(20(14)25-2)16(23)9-10-21/h3-8,11,18,21-22H,9-10H2,1-2H3/t18-/m0/s1. The zero-order valence-electron chi connectivity index (χ0n) is 14.6. The van der Waals surface area contributed by atoms with Gasteiger partial charge in [-0.15, -0.1) is 0 Å². The van der Waals surface area contributed by atoms with Crippen LogP contribution in [-0.2, 0) is 0 Å². The van der Waals surface area contributed by atoms with Gasteiger partial charge in [-0.25, -0.2) is 0 Å². The lowest BCUT2D eigenvalue weighted by molar-refractivity contribution is 0.0950. The van der Waals surface area contributed by atoms with Gasteiger partial charge in [-0.3, -0.25) is 4.79 Å². The summed E-state index contributed by atoms with van der Waals surface area (Å²) in [6, 6.07) is 8.58. The Hall–Kier alpha value is -2.99. The van der Waals surface area contributed by atoms with Gasteiger partial charge in [-0.05, 0) is 36.4 Å². The van der Waals surface area contributed by atoms with Gasteiger partial charge in [0, 0.05) is 17.5 Å². The molecule has 136 valence electrons. The molecular formula is C20H20O6. The fourth-order valence-electron chi connectivity index (χ4n) is 2.95. The lowest BCUT2D eigenvalue weighted by atomic mass is 9.97. The highest BCUT2D eigenvalue weighted by Gasteiger charge is 2.26. The first kappa shape index (κ1) is 17.8. The second-order valence-corrected chi connectivity index (χ2v) is 5.78. The van der Waals surface area contributed by atoms with E-state index in [2.05, 4.69) is 0 Å². The van der Waals surface area contributed by atoms with Crippen molar-refractivity contribution >= 4 is 11.9 Å². The molecule has 1 aliphatic heterocycles. The summed E-state index contributed by atoms with van der Waals surface area (Å²) >= 11 is 0. The van der Waals surface area contributed by atoms with Crippen LogP contribution >= 0.6 is 0 Å². The highest BCUT2D eigenvalue weighted by molar-refractivity contribution is 6.01. The summed E-state index contributed by atoms with van der Waals surface area (Å²) in [6.45, 7) is -0.305. The number of ether oxygens (including phenoxy) is 3. The normalized spacial score (nSPS) is 15.1. The maximum atomic E-state index is 12.3. The highest BCUT2D eigenvalue weighted by atomic mass is 16.5. The van der Waals surface area contributed by atoms with Gasteiger partial charge >= 0.3 is 0 Å². The molecule has 3 rings (SSSR count). The Labute approximate surface area is 151 Å². The van der Waals surface area contributed by atoms with E-state index >= 15 is 0 Å². The predicted molar refractivity (Wildman–Crippen MR) is 96.1 cm³/mol. The first-order chi connectivity index (χ1) is 12.6. The Morgan fingerprint density at radius 3 is 2.69 bits per heavy atom. The molecule has 1 atom stereocenters. The molecule has 0 aromatic heterocycles. The number of phenols is 1. The molecule has 2 aromatic rings. The molecule has 6 nitrogen and oxygen atoms in total. The summed E-state index contributed by atoms with van der Waals surface area (Å²) in [4.78, 5) is 12.3. The SMILES string of the molecule is COc1ccc2c(c1)C=C[C@@H](c1ccc(O)c(C(=O)CCO)c1OC)O2. The number of rotatable bonds is 6. The fraction of sp³-hybridized carbons (Fsp3) is 0.250. The van der Waals surface area contributed by atoms with Crippen LogP contribution in [0.3, 0.4) is 0 Å². The molecule has 1 heterocycles. The lowest BCUT2D eigenvalue weighted by Crippen LogP contribution is -2.13. The molecule has 0 spiro atoms. The predicted octanol–water partition coefficient (Wildman–Crippen LogP) is 3.12. The van der Waals surface area contributed by atoms with Crippen LogP contribution in [0, 0.1) is 0 Å². The Morgan fingerprint density at radius 1 is 1.19 bits per heavy atom. The monoisotopic (exact) mass is 356 g/mol. The number of carbonyl (C=O) groups excluding carboxylic acids is 1. The van der Waals surface area contributed by atoms with Crippen LogP contribution in [0.15, 0.2) is 36.4 Å². The second kappa shape index (κ2) is 7.49. The first-order valence-electron chi connectivity index (χ1n) is 8.15. The lowest BCUT2D eigenvalue weighted by Gasteiger charge is -2.24. The summed E-state index contributed by atoms with van der Waals surface area (Å²) in [5, 5.41) is 19.1. The topological polar surface area (TPSA) is 85.2 Å². The minimum atomic E-state index is -0.480. The molecule has 6 heteroatoms. The average Bonchev–Trinajstić information content (AvgIpc) is 2.66. The molecule has 2 N–H and O–H groups in total. The van der Waals surface area contributed by atoms with Crippen molar-refractivity contribution in [2.75, 3.05) is 20.8 Å². The zero-order valence-corrected chi connectivity index (χ0v) is 14.6. The quantitative estimate of drug-likeness (QED) is 0.774. The van der Waals surface area contributed by atoms with Crippen LogP contribution in [0.25, 0.3) is 6.08 Å². The Morgan fingerprint density at radius 2 is 2.00 bits per heavy atom. The van der Waals surface area contributed by atoms with E-state index in [4.69, 9.17) is 19.3 Å². The number of hydrogen-bond donors (Lipinski definition) is 2. The minimum absolute atomic E-state index is 0.0524. The van der Waals surface area contributed by atoms with Crippen LogP contribution < -0.4 is 14.2 Å². The van der Waals surface area contributed by atoms with Crippen LogP contribution in [-0.4, -0.2) is 36.8 Å². The average molecular weight is 356 g/mol. The van der Waals surface area contributed by atoms with Crippen LogP contribution in [0.2, 0.25) is 0 Å². The molecule has 0 unspecified atom stereocenters. The fourth-order valence-corrected chi connectivity index (χ4v) is 2.95. The van der Waals surface area contributed by atoms with E-state index in [1.807, 2.05) is 24.3 Å². The zero-order chi connectivity index (χ0) is 18.7. The van der Waals surface area contributed by atoms with Crippen molar-refractivity contribution in [1.82, 2.24) is 0 Å². The summed E-state index contributed by atoms with van der Waals surface area (Å²) in [6.07, 6.45) is 3.18.